The Kier molecular flexibility index (Phi) is 5.37. The van der Waals surface area contributed by atoms with Gasteiger partial charge in [-0.3, -0.25) is 4.79 Å². The summed E-state index contributed by atoms with van der Waals surface area (Å²) in [6, 6.07) is 0.998. The second-order valence-corrected chi connectivity index (χ2v) is 5.00. The molecular weight excluding hydrogens is 393 g/mol. The molecule has 0 atom stereocenters. The minimum atomic E-state index is -5.70. The normalized spacial score (nSPS) is 11.5. The van der Waals surface area contributed by atoms with Crippen molar-refractivity contribution in [2.75, 3.05) is 5.32 Å². The Morgan fingerprint density at radius 2 is 1.70 bits per heavy atom. The lowest BCUT2D eigenvalue weighted by atomic mass is 10.1. The molecule has 1 N–H and O–H groups in total. The van der Waals surface area contributed by atoms with Gasteiger partial charge in [-0.2, -0.15) is 17.9 Å². The van der Waals surface area contributed by atoms with Crippen LogP contribution in [0.4, 0.5) is 42.2 Å². The van der Waals surface area contributed by atoms with Crippen molar-refractivity contribution < 1.29 is 40.5 Å². The number of hydrogen-bond acceptors (Lipinski definition) is 4. The number of halogens is 7. The second-order valence-electron chi connectivity index (χ2n) is 5.00. The van der Waals surface area contributed by atoms with Crippen molar-refractivity contribution in [3.63, 3.8) is 0 Å². The number of rotatable bonds is 5. The number of carbonyl (C=O) groups is 1. The standard InChI is InChI=1S/C13H7F7N4O3/c14-8-7(13(18,19)20)9(15)11(17)12(10(8)16)21-6(25)2-4-23-3-1-5(22-23)24(26)27/h1,3H,2,4H2,(H,21,25). The van der Waals surface area contributed by atoms with Crippen LogP contribution in [0.15, 0.2) is 12.3 Å². The second kappa shape index (κ2) is 7.20. The number of amides is 1. The van der Waals surface area contributed by atoms with E-state index < -0.39 is 63.8 Å². The summed E-state index contributed by atoms with van der Waals surface area (Å²) in [5.74, 6) is -12.0. The van der Waals surface area contributed by atoms with Gasteiger partial charge in [0.2, 0.25) is 5.91 Å². The fourth-order valence-electron chi connectivity index (χ4n) is 1.98. The van der Waals surface area contributed by atoms with E-state index >= 15 is 0 Å². The van der Waals surface area contributed by atoms with Crippen LogP contribution < -0.4 is 5.32 Å². The largest absolute Gasteiger partial charge is 0.422 e. The molecule has 0 aliphatic carbocycles. The van der Waals surface area contributed by atoms with E-state index in [-0.39, 0.29) is 6.54 Å². The van der Waals surface area contributed by atoms with Gasteiger partial charge in [0.15, 0.2) is 23.3 Å². The minimum absolute atomic E-state index is 0.325. The third-order valence-corrected chi connectivity index (χ3v) is 3.19. The van der Waals surface area contributed by atoms with Gasteiger partial charge in [0, 0.05) is 6.42 Å². The van der Waals surface area contributed by atoms with Gasteiger partial charge in [0.05, 0.1) is 23.9 Å². The smallest absolute Gasteiger partial charge is 0.358 e. The maximum absolute atomic E-state index is 13.7. The predicted octanol–water partition coefficient (Wildman–Crippen LogP) is 3.40. The molecule has 1 aromatic carbocycles. The molecule has 0 saturated carbocycles. The van der Waals surface area contributed by atoms with E-state index in [1.807, 2.05) is 0 Å². The van der Waals surface area contributed by atoms with E-state index in [1.54, 1.807) is 0 Å². The SMILES string of the molecule is O=C(CCn1ccc([N+](=O)[O-])n1)Nc1c(F)c(F)c(C(F)(F)F)c(F)c1F. The zero-order chi connectivity index (χ0) is 20.5. The highest BCUT2D eigenvalue weighted by Crippen LogP contribution is 2.38. The highest BCUT2D eigenvalue weighted by atomic mass is 19.4. The van der Waals surface area contributed by atoms with Crippen molar-refractivity contribution in [1.29, 1.82) is 0 Å². The number of nitrogens with zero attached hydrogens (tertiary/aromatic N) is 3. The first-order valence-corrected chi connectivity index (χ1v) is 6.84. The summed E-state index contributed by atoms with van der Waals surface area (Å²) in [6.07, 6.45) is -5.20. The Morgan fingerprint density at radius 3 is 2.15 bits per heavy atom. The molecule has 1 amide bonds. The Labute approximate surface area is 144 Å². The van der Waals surface area contributed by atoms with Crippen LogP contribution >= 0.6 is 0 Å². The first kappa shape index (κ1) is 20.1. The van der Waals surface area contributed by atoms with Gasteiger partial charge in [-0.25, -0.2) is 17.6 Å². The molecule has 2 rings (SSSR count). The predicted molar refractivity (Wildman–Crippen MR) is 73.4 cm³/mol. The molecule has 7 nitrogen and oxygen atoms in total. The highest BCUT2D eigenvalue weighted by Gasteiger charge is 2.42. The molecule has 0 aliphatic rings. The fourth-order valence-corrected chi connectivity index (χ4v) is 1.98. The molecule has 0 aliphatic heterocycles. The fraction of sp³-hybridized carbons (Fsp3) is 0.231. The third-order valence-electron chi connectivity index (χ3n) is 3.19. The average Bonchev–Trinajstić information content (AvgIpc) is 3.03. The molecule has 0 fully saturated rings. The van der Waals surface area contributed by atoms with E-state index in [0.717, 1.165) is 16.9 Å². The van der Waals surface area contributed by atoms with Crippen molar-refractivity contribution in [2.24, 2.45) is 0 Å². The van der Waals surface area contributed by atoms with Crippen molar-refractivity contribution in [1.82, 2.24) is 9.78 Å². The lowest BCUT2D eigenvalue weighted by Crippen LogP contribution is -2.21. The molecule has 2 aromatic rings. The van der Waals surface area contributed by atoms with E-state index in [4.69, 9.17) is 0 Å². The van der Waals surface area contributed by atoms with Crippen LogP contribution in [-0.4, -0.2) is 20.6 Å². The summed E-state index contributed by atoms with van der Waals surface area (Å²) in [7, 11) is 0. The van der Waals surface area contributed by atoms with Gasteiger partial charge in [0.25, 0.3) is 0 Å². The number of anilines is 1. The molecule has 1 aromatic heterocycles. The molecule has 146 valence electrons. The number of carbonyl (C=O) groups excluding carboxylic acids is 1. The van der Waals surface area contributed by atoms with Crippen LogP contribution in [0.1, 0.15) is 12.0 Å². The number of nitro groups is 1. The van der Waals surface area contributed by atoms with Crippen LogP contribution in [0.3, 0.4) is 0 Å². The van der Waals surface area contributed by atoms with Crippen molar-refractivity contribution in [2.45, 2.75) is 19.1 Å². The van der Waals surface area contributed by atoms with Crippen molar-refractivity contribution in [3.8, 4) is 0 Å². The molecule has 1 heterocycles. The van der Waals surface area contributed by atoms with Crippen molar-refractivity contribution in [3.05, 3.63) is 51.2 Å². The average molecular weight is 400 g/mol. The van der Waals surface area contributed by atoms with E-state index in [2.05, 4.69) is 5.10 Å². The van der Waals surface area contributed by atoms with Crippen molar-refractivity contribution >= 4 is 17.4 Å². The summed E-state index contributed by atoms with van der Waals surface area (Å²) in [4.78, 5) is 21.3. The minimum Gasteiger partial charge on any atom is -0.358 e. The first-order valence-electron chi connectivity index (χ1n) is 6.84. The zero-order valence-corrected chi connectivity index (χ0v) is 12.8. The van der Waals surface area contributed by atoms with Gasteiger partial charge in [-0.05, 0) is 4.92 Å². The quantitative estimate of drug-likeness (QED) is 0.361. The lowest BCUT2D eigenvalue weighted by Gasteiger charge is -2.14. The van der Waals surface area contributed by atoms with E-state index in [1.165, 1.54) is 5.32 Å². The Bertz CT molecular complexity index is 881. The van der Waals surface area contributed by atoms with Gasteiger partial charge >= 0.3 is 12.0 Å². The summed E-state index contributed by atoms with van der Waals surface area (Å²) >= 11 is 0. The third kappa shape index (κ3) is 4.15. The number of aromatic nitrogens is 2. The van der Waals surface area contributed by atoms with E-state index in [9.17, 15) is 45.6 Å². The first-order chi connectivity index (χ1) is 12.4. The maximum Gasteiger partial charge on any atom is 0.422 e. The Balaban J connectivity index is 2.19. The molecule has 0 spiro atoms. The Hall–Kier alpha value is -3.19. The number of aryl methyl sites for hydroxylation is 1. The molecule has 14 heteroatoms. The number of benzene rings is 1. The van der Waals surface area contributed by atoms with Gasteiger partial charge in [0.1, 0.15) is 11.3 Å². The van der Waals surface area contributed by atoms with Gasteiger partial charge in [-0.1, -0.05) is 0 Å². The van der Waals surface area contributed by atoms with Gasteiger partial charge < -0.3 is 15.4 Å². The molecule has 0 unspecified atom stereocenters. The molecule has 0 bridgehead atoms. The molecular formula is C13H7F7N4O3. The van der Waals surface area contributed by atoms with Crippen LogP contribution in [0.25, 0.3) is 0 Å². The highest BCUT2D eigenvalue weighted by molar-refractivity contribution is 5.91. The maximum atomic E-state index is 13.7. The lowest BCUT2D eigenvalue weighted by molar-refractivity contribution is -0.389. The molecule has 0 radical (unpaired) electrons. The topological polar surface area (TPSA) is 90.1 Å². The summed E-state index contributed by atoms with van der Waals surface area (Å²) in [5.41, 5.74) is -4.49. The van der Waals surface area contributed by atoms with Gasteiger partial charge in [-0.15, -0.1) is 0 Å². The summed E-state index contributed by atoms with van der Waals surface area (Å²) in [5, 5.41) is 15.3. The summed E-state index contributed by atoms with van der Waals surface area (Å²) in [6.45, 7) is -0.325. The van der Waals surface area contributed by atoms with Crippen LogP contribution in [-0.2, 0) is 17.5 Å². The number of alkyl halides is 3. The summed E-state index contributed by atoms with van der Waals surface area (Å²) < 4.78 is 92.6. The number of hydrogen-bond donors (Lipinski definition) is 1. The number of nitrogens with one attached hydrogen (secondary N) is 1. The molecule has 0 saturated heterocycles. The molecule has 27 heavy (non-hydrogen) atoms. The zero-order valence-electron chi connectivity index (χ0n) is 12.8. The van der Waals surface area contributed by atoms with Crippen LogP contribution in [0.5, 0.6) is 0 Å². The van der Waals surface area contributed by atoms with E-state index in [0.29, 0.717) is 0 Å². The monoisotopic (exact) mass is 400 g/mol. The Morgan fingerprint density at radius 1 is 1.15 bits per heavy atom. The van der Waals surface area contributed by atoms with Crippen LogP contribution in [0, 0.1) is 33.4 Å². The van der Waals surface area contributed by atoms with Crippen LogP contribution in [0.2, 0.25) is 0 Å².